The Hall–Kier alpha value is -1.15. The summed E-state index contributed by atoms with van der Waals surface area (Å²) < 4.78 is 6.43. The number of aromatic amines is 1. The van der Waals surface area contributed by atoms with E-state index in [1.807, 2.05) is 0 Å². The molecular weight excluding hydrogens is 264 g/mol. The molecule has 1 aliphatic heterocycles. The molecule has 0 bridgehead atoms. The number of aliphatic hydroxyl groups is 2. The highest BCUT2D eigenvalue weighted by Crippen LogP contribution is 2.42. The van der Waals surface area contributed by atoms with E-state index in [4.69, 9.17) is 21.4 Å². The fourth-order valence-corrected chi connectivity index (χ4v) is 2.27. The molecule has 18 heavy (non-hydrogen) atoms. The summed E-state index contributed by atoms with van der Waals surface area (Å²) in [6.45, 7) is 1.08. The number of aliphatic hydroxyl groups excluding tert-OH is 2. The first-order chi connectivity index (χ1) is 8.37. The van der Waals surface area contributed by atoms with Crippen LogP contribution in [0.4, 0.5) is 0 Å². The molecule has 2 rings (SSSR count). The van der Waals surface area contributed by atoms with Crippen molar-refractivity contribution in [1.82, 2.24) is 9.55 Å². The lowest BCUT2D eigenvalue weighted by molar-refractivity contribution is -0.0470. The maximum Gasteiger partial charge on any atom is 0.330 e. The van der Waals surface area contributed by atoms with Crippen molar-refractivity contribution in [1.29, 1.82) is 0 Å². The number of aromatic nitrogens is 2. The largest absolute Gasteiger partial charge is 0.394 e. The predicted octanol–water partition coefficient (Wildman–Crippen LogP) is -1.22. The molecule has 1 aliphatic rings. The van der Waals surface area contributed by atoms with Crippen LogP contribution in [0.3, 0.4) is 0 Å². The maximum atomic E-state index is 11.6. The van der Waals surface area contributed by atoms with Gasteiger partial charge in [0.05, 0.1) is 6.61 Å². The van der Waals surface area contributed by atoms with Gasteiger partial charge in [-0.15, -0.1) is 11.6 Å². The highest BCUT2D eigenvalue weighted by molar-refractivity contribution is 6.24. The van der Waals surface area contributed by atoms with Crippen molar-refractivity contribution in [3.8, 4) is 0 Å². The van der Waals surface area contributed by atoms with Crippen LogP contribution in [-0.2, 0) is 4.74 Å². The topological polar surface area (TPSA) is 105 Å². The first-order valence-electron chi connectivity index (χ1n) is 5.32. The number of halogens is 1. The number of H-pyrrole nitrogens is 1. The van der Waals surface area contributed by atoms with E-state index in [1.165, 1.54) is 13.1 Å². The molecular formula is C10H13ClN2O5. The summed E-state index contributed by atoms with van der Waals surface area (Å²) >= 11 is 6.17. The molecule has 7 nitrogen and oxygen atoms in total. The van der Waals surface area contributed by atoms with Gasteiger partial charge in [-0.2, -0.15) is 0 Å². The van der Waals surface area contributed by atoms with Crippen LogP contribution in [0.15, 0.2) is 21.9 Å². The van der Waals surface area contributed by atoms with E-state index in [9.17, 15) is 14.7 Å². The standard InChI is InChI=1S/C10H13ClN2O5/c1-10(11)7(16)5(4-14)18-8(10)13-3-2-6(15)12-9(13)17/h2-3,5,7-8,14,16H,4H2,1H3,(H,12,15,17)/t5?,7-,8-,10-/m1/s1. The van der Waals surface area contributed by atoms with E-state index in [0.717, 1.165) is 10.6 Å². The second kappa shape index (κ2) is 4.51. The third kappa shape index (κ3) is 1.99. The highest BCUT2D eigenvalue weighted by atomic mass is 35.5. The van der Waals surface area contributed by atoms with Crippen molar-refractivity contribution in [3.63, 3.8) is 0 Å². The number of alkyl halides is 1. The predicted molar refractivity (Wildman–Crippen MR) is 62.6 cm³/mol. The molecule has 3 N–H and O–H groups in total. The molecule has 1 aromatic rings. The summed E-state index contributed by atoms with van der Waals surface area (Å²) in [5, 5.41) is 18.9. The van der Waals surface area contributed by atoms with Gasteiger partial charge in [0.2, 0.25) is 0 Å². The van der Waals surface area contributed by atoms with Crippen molar-refractivity contribution >= 4 is 11.6 Å². The molecule has 1 saturated heterocycles. The highest BCUT2D eigenvalue weighted by Gasteiger charge is 2.53. The van der Waals surface area contributed by atoms with Crippen LogP contribution in [0.1, 0.15) is 13.2 Å². The summed E-state index contributed by atoms with van der Waals surface area (Å²) in [7, 11) is 0. The third-order valence-corrected chi connectivity index (χ3v) is 3.41. The maximum absolute atomic E-state index is 11.6. The lowest BCUT2D eigenvalue weighted by atomic mass is 10.0. The van der Waals surface area contributed by atoms with E-state index in [-0.39, 0.29) is 0 Å². The van der Waals surface area contributed by atoms with Gasteiger partial charge in [0.25, 0.3) is 5.56 Å². The van der Waals surface area contributed by atoms with Crippen molar-refractivity contribution in [2.75, 3.05) is 6.61 Å². The van der Waals surface area contributed by atoms with Crippen molar-refractivity contribution < 1.29 is 14.9 Å². The molecule has 0 aromatic carbocycles. The van der Waals surface area contributed by atoms with Gasteiger partial charge in [0.1, 0.15) is 17.1 Å². The van der Waals surface area contributed by atoms with Gasteiger partial charge >= 0.3 is 5.69 Å². The van der Waals surface area contributed by atoms with Crippen LogP contribution in [0.5, 0.6) is 0 Å². The summed E-state index contributed by atoms with van der Waals surface area (Å²) in [5.74, 6) is 0. The summed E-state index contributed by atoms with van der Waals surface area (Å²) in [5.41, 5.74) is -1.23. The smallest absolute Gasteiger partial charge is 0.330 e. The Bertz CT molecular complexity index is 552. The molecule has 4 atom stereocenters. The van der Waals surface area contributed by atoms with Gasteiger partial charge in [-0.05, 0) is 6.92 Å². The normalized spacial score (nSPS) is 35.9. The summed E-state index contributed by atoms with van der Waals surface area (Å²) in [6.07, 6.45) is -1.75. The molecule has 1 aromatic heterocycles. The Morgan fingerprint density at radius 1 is 1.61 bits per heavy atom. The number of nitrogens with one attached hydrogen (secondary N) is 1. The van der Waals surface area contributed by atoms with E-state index in [2.05, 4.69) is 4.98 Å². The number of hydrogen-bond acceptors (Lipinski definition) is 5. The molecule has 8 heteroatoms. The Kier molecular flexibility index (Phi) is 3.33. The zero-order valence-corrected chi connectivity index (χ0v) is 10.3. The fourth-order valence-electron chi connectivity index (χ4n) is 1.97. The van der Waals surface area contributed by atoms with E-state index in [1.54, 1.807) is 0 Å². The van der Waals surface area contributed by atoms with Gasteiger partial charge in [-0.25, -0.2) is 4.79 Å². The van der Waals surface area contributed by atoms with Crippen LogP contribution in [-0.4, -0.2) is 43.5 Å². The Balaban J connectivity index is 2.45. The van der Waals surface area contributed by atoms with Crippen LogP contribution in [0, 0.1) is 0 Å². The van der Waals surface area contributed by atoms with Crippen LogP contribution < -0.4 is 11.2 Å². The second-order valence-electron chi connectivity index (χ2n) is 4.32. The average Bonchev–Trinajstić information content (AvgIpc) is 2.52. The minimum atomic E-state index is -1.28. The SMILES string of the molecule is C[C@@]1(Cl)[C@H](O)C(CO)O[C@H]1n1ccc(=O)[nH]c1=O. The summed E-state index contributed by atoms with van der Waals surface area (Å²) in [6, 6.07) is 1.15. The quantitative estimate of drug-likeness (QED) is 0.588. The molecule has 100 valence electrons. The number of hydrogen-bond donors (Lipinski definition) is 3. The Morgan fingerprint density at radius 2 is 2.28 bits per heavy atom. The Morgan fingerprint density at radius 3 is 2.78 bits per heavy atom. The summed E-state index contributed by atoms with van der Waals surface area (Å²) in [4.78, 5) is 23.4. The Labute approximate surface area is 107 Å². The van der Waals surface area contributed by atoms with Gasteiger partial charge < -0.3 is 14.9 Å². The number of ether oxygens (including phenoxy) is 1. The van der Waals surface area contributed by atoms with Crippen LogP contribution in [0.2, 0.25) is 0 Å². The molecule has 0 aliphatic carbocycles. The monoisotopic (exact) mass is 276 g/mol. The lowest BCUT2D eigenvalue weighted by Crippen LogP contribution is -2.42. The molecule has 1 unspecified atom stereocenters. The minimum absolute atomic E-state index is 0.419. The zero-order chi connectivity index (χ0) is 13.5. The molecule has 0 amide bonds. The van der Waals surface area contributed by atoms with Gasteiger partial charge in [-0.3, -0.25) is 14.3 Å². The molecule has 2 heterocycles. The third-order valence-electron chi connectivity index (χ3n) is 3.00. The van der Waals surface area contributed by atoms with Crippen molar-refractivity contribution in [3.05, 3.63) is 33.1 Å². The van der Waals surface area contributed by atoms with Gasteiger partial charge in [0, 0.05) is 12.3 Å². The minimum Gasteiger partial charge on any atom is -0.394 e. The number of rotatable bonds is 2. The molecule has 0 radical (unpaired) electrons. The average molecular weight is 277 g/mol. The van der Waals surface area contributed by atoms with Crippen LogP contribution in [0.25, 0.3) is 0 Å². The lowest BCUT2D eigenvalue weighted by Gasteiger charge is -2.26. The van der Waals surface area contributed by atoms with Crippen LogP contribution >= 0.6 is 11.6 Å². The first kappa shape index (κ1) is 13.3. The van der Waals surface area contributed by atoms with Crippen molar-refractivity contribution in [2.45, 2.75) is 30.2 Å². The van der Waals surface area contributed by atoms with E-state index in [0.29, 0.717) is 0 Å². The zero-order valence-electron chi connectivity index (χ0n) is 9.54. The van der Waals surface area contributed by atoms with Gasteiger partial charge in [-0.1, -0.05) is 0 Å². The van der Waals surface area contributed by atoms with E-state index < -0.39 is 41.2 Å². The molecule has 0 saturated carbocycles. The molecule has 1 fully saturated rings. The van der Waals surface area contributed by atoms with Crippen molar-refractivity contribution in [2.24, 2.45) is 0 Å². The van der Waals surface area contributed by atoms with Gasteiger partial charge in [0.15, 0.2) is 6.23 Å². The van der Waals surface area contributed by atoms with E-state index >= 15 is 0 Å². The fraction of sp³-hybridized carbons (Fsp3) is 0.600. The number of nitrogens with zero attached hydrogens (tertiary/aromatic N) is 1. The molecule has 0 spiro atoms. The second-order valence-corrected chi connectivity index (χ2v) is 5.14. The first-order valence-corrected chi connectivity index (χ1v) is 5.70.